The molecule has 4 rings (SSSR count). The summed E-state index contributed by atoms with van der Waals surface area (Å²) in [7, 11) is 0. The predicted octanol–water partition coefficient (Wildman–Crippen LogP) is 1.25. The lowest BCUT2D eigenvalue weighted by Gasteiger charge is -2.29. The second-order valence-electron chi connectivity index (χ2n) is 7.27. The van der Waals surface area contributed by atoms with Gasteiger partial charge in [-0.3, -0.25) is 23.9 Å². The first-order chi connectivity index (χ1) is 15.0. The first kappa shape index (κ1) is 21.3. The first-order valence-corrected chi connectivity index (χ1v) is 9.25. The molecule has 3 aromatic rings. The van der Waals surface area contributed by atoms with Gasteiger partial charge in [0, 0.05) is 30.6 Å². The van der Waals surface area contributed by atoms with Crippen molar-refractivity contribution in [2.75, 3.05) is 5.32 Å². The highest BCUT2D eigenvalue weighted by molar-refractivity contribution is 6.07. The van der Waals surface area contributed by atoms with Crippen molar-refractivity contribution < 1.29 is 27.2 Å². The molecule has 4 N–H and O–H groups in total. The molecular formula is C19H15F4N5O4. The van der Waals surface area contributed by atoms with Crippen LogP contribution in [0.3, 0.4) is 0 Å². The number of halogens is 4. The monoisotopic (exact) mass is 453 g/mol. The zero-order valence-electron chi connectivity index (χ0n) is 16.3. The van der Waals surface area contributed by atoms with Gasteiger partial charge in [0.15, 0.2) is 0 Å². The number of fused-ring (bicyclic) bond motifs is 2. The van der Waals surface area contributed by atoms with E-state index in [1.807, 2.05) is 5.32 Å². The summed E-state index contributed by atoms with van der Waals surface area (Å²) in [5, 5.41) is 3.96. The molecule has 1 aliphatic heterocycles. The lowest BCUT2D eigenvalue weighted by molar-refractivity contribution is -0.200. The Labute approximate surface area is 175 Å². The normalized spacial score (nSPS) is 18.0. The van der Waals surface area contributed by atoms with Crippen LogP contribution in [0.25, 0.3) is 10.9 Å². The third kappa shape index (κ3) is 3.08. The topological polar surface area (TPSA) is 129 Å². The van der Waals surface area contributed by atoms with Gasteiger partial charge < -0.3 is 15.6 Å². The van der Waals surface area contributed by atoms with Gasteiger partial charge in [-0.15, -0.1) is 0 Å². The molecule has 1 aromatic carbocycles. The second-order valence-corrected chi connectivity index (χ2v) is 7.27. The van der Waals surface area contributed by atoms with Crippen molar-refractivity contribution in [2.24, 2.45) is 0 Å². The molecular weight excluding hydrogens is 438 g/mol. The summed E-state index contributed by atoms with van der Waals surface area (Å²) in [6, 6.07) is 4.01. The molecule has 0 fully saturated rings. The van der Waals surface area contributed by atoms with Gasteiger partial charge >= 0.3 is 11.9 Å². The number of amides is 2. The molecule has 9 nitrogen and oxygen atoms in total. The second kappa shape index (κ2) is 7.07. The molecule has 0 spiro atoms. The average Bonchev–Trinajstić information content (AvgIpc) is 3.20. The fourth-order valence-electron chi connectivity index (χ4n) is 3.89. The van der Waals surface area contributed by atoms with Crippen molar-refractivity contribution in [1.82, 2.24) is 19.9 Å². The van der Waals surface area contributed by atoms with Gasteiger partial charge in [-0.05, 0) is 30.2 Å². The zero-order valence-corrected chi connectivity index (χ0v) is 16.3. The van der Waals surface area contributed by atoms with E-state index in [1.54, 1.807) is 11.2 Å². The number of anilines is 1. The van der Waals surface area contributed by atoms with Crippen LogP contribution in [0.5, 0.6) is 0 Å². The first-order valence-electron chi connectivity index (χ1n) is 9.25. The predicted molar refractivity (Wildman–Crippen MR) is 103 cm³/mol. The minimum absolute atomic E-state index is 0.0524. The number of benzene rings is 1. The number of carbonyl (C=O) groups excluding carboxylic acids is 2. The quantitative estimate of drug-likeness (QED) is 0.443. The number of aromatic amines is 2. The highest BCUT2D eigenvalue weighted by Crippen LogP contribution is 2.44. The van der Waals surface area contributed by atoms with Crippen LogP contribution in [0.2, 0.25) is 0 Å². The summed E-state index contributed by atoms with van der Waals surface area (Å²) in [4.78, 5) is 53.4. The van der Waals surface area contributed by atoms with E-state index >= 15 is 0 Å². The van der Waals surface area contributed by atoms with Crippen LogP contribution in [0.1, 0.15) is 18.1 Å². The van der Waals surface area contributed by atoms with Crippen molar-refractivity contribution >= 4 is 28.5 Å². The SMILES string of the molecule is CC(=O)N[C@]1(C(F)(F)F)C(=O)Nc2c1c(=O)[nH]c(=O)n2CCc1c[nH]c2ccc(F)cc12. The summed E-state index contributed by atoms with van der Waals surface area (Å²) in [6.07, 6.45) is -3.77. The van der Waals surface area contributed by atoms with Gasteiger partial charge in [0.05, 0.1) is 0 Å². The Morgan fingerprint density at radius 2 is 1.94 bits per heavy atom. The van der Waals surface area contributed by atoms with Gasteiger partial charge in [0.2, 0.25) is 11.4 Å². The summed E-state index contributed by atoms with van der Waals surface area (Å²) in [6.45, 7) is 0.509. The molecule has 2 amide bonds. The van der Waals surface area contributed by atoms with Gasteiger partial charge in [0.25, 0.3) is 11.5 Å². The van der Waals surface area contributed by atoms with Crippen LogP contribution < -0.4 is 21.9 Å². The van der Waals surface area contributed by atoms with E-state index in [2.05, 4.69) is 4.98 Å². The molecule has 168 valence electrons. The van der Waals surface area contributed by atoms with Crippen LogP contribution in [-0.2, 0) is 28.1 Å². The van der Waals surface area contributed by atoms with E-state index in [4.69, 9.17) is 0 Å². The molecule has 0 radical (unpaired) electrons. The smallest absolute Gasteiger partial charge is 0.361 e. The molecule has 0 aliphatic carbocycles. The average molecular weight is 453 g/mol. The van der Waals surface area contributed by atoms with Gasteiger partial charge in [-0.2, -0.15) is 13.2 Å². The molecule has 0 bridgehead atoms. The Balaban J connectivity index is 1.83. The standard InChI is InChI=1S/C19H15F4N5O4/c1-8(29)27-18(19(21,22)23)13-14(25-16(18)31)28(17(32)26-15(13)30)5-4-9-7-24-12-3-2-10(20)6-11(9)12/h2-3,6-7,24H,4-5H2,1H3,(H,25,31)(H,27,29)(H,26,30,32)/t18-/m0/s1. The number of aromatic nitrogens is 3. The summed E-state index contributed by atoms with van der Waals surface area (Å²) in [5.41, 5.74) is -6.13. The molecule has 0 saturated carbocycles. The van der Waals surface area contributed by atoms with Crippen molar-refractivity contribution in [2.45, 2.75) is 31.6 Å². The molecule has 1 aliphatic rings. The number of hydrogen-bond acceptors (Lipinski definition) is 4. The highest BCUT2D eigenvalue weighted by atomic mass is 19.4. The van der Waals surface area contributed by atoms with Crippen LogP contribution in [0, 0.1) is 5.82 Å². The molecule has 0 saturated heterocycles. The van der Waals surface area contributed by atoms with E-state index in [0.717, 1.165) is 11.5 Å². The van der Waals surface area contributed by atoms with E-state index in [9.17, 15) is 36.7 Å². The zero-order chi connectivity index (χ0) is 23.4. The number of alkyl halides is 3. The molecule has 3 heterocycles. The van der Waals surface area contributed by atoms with Crippen molar-refractivity contribution in [3.8, 4) is 0 Å². The minimum Gasteiger partial charge on any atom is -0.361 e. The number of aryl methyl sites for hydroxylation is 1. The summed E-state index contributed by atoms with van der Waals surface area (Å²) < 4.78 is 56.3. The van der Waals surface area contributed by atoms with E-state index in [0.29, 0.717) is 16.5 Å². The van der Waals surface area contributed by atoms with Gasteiger partial charge in [0.1, 0.15) is 17.2 Å². The number of carbonyl (C=O) groups is 2. The van der Waals surface area contributed by atoms with Gasteiger partial charge in [-0.1, -0.05) is 0 Å². The molecule has 0 unspecified atom stereocenters. The Morgan fingerprint density at radius 1 is 1.22 bits per heavy atom. The number of hydrogen-bond donors (Lipinski definition) is 4. The number of H-pyrrole nitrogens is 2. The minimum atomic E-state index is -5.38. The summed E-state index contributed by atoms with van der Waals surface area (Å²) >= 11 is 0. The van der Waals surface area contributed by atoms with E-state index < -0.39 is 52.0 Å². The van der Waals surface area contributed by atoms with Crippen LogP contribution in [-0.4, -0.2) is 32.5 Å². The van der Waals surface area contributed by atoms with Crippen LogP contribution in [0.4, 0.5) is 23.4 Å². The Morgan fingerprint density at radius 3 is 2.59 bits per heavy atom. The lowest BCUT2D eigenvalue weighted by atomic mass is 9.92. The number of rotatable bonds is 4. The van der Waals surface area contributed by atoms with Gasteiger partial charge in [-0.25, -0.2) is 9.18 Å². The van der Waals surface area contributed by atoms with Crippen molar-refractivity contribution in [3.63, 3.8) is 0 Å². The third-order valence-electron chi connectivity index (χ3n) is 5.27. The van der Waals surface area contributed by atoms with E-state index in [-0.39, 0.29) is 13.0 Å². The molecule has 1 atom stereocenters. The fraction of sp³-hybridized carbons (Fsp3) is 0.263. The number of nitrogens with zero attached hydrogens (tertiary/aromatic N) is 1. The maximum absolute atomic E-state index is 14.0. The Hall–Kier alpha value is -3.90. The Bertz CT molecular complexity index is 1390. The largest absolute Gasteiger partial charge is 0.425 e. The lowest BCUT2D eigenvalue weighted by Crippen LogP contribution is -2.61. The number of nitrogens with one attached hydrogen (secondary N) is 4. The maximum Gasteiger partial charge on any atom is 0.425 e. The van der Waals surface area contributed by atoms with Crippen LogP contribution >= 0.6 is 0 Å². The molecule has 2 aromatic heterocycles. The highest BCUT2D eigenvalue weighted by Gasteiger charge is 2.68. The Kier molecular flexibility index (Phi) is 4.71. The van der Waals surface area contributed by atoms with Crippen molar-refractivity contribution in [1.29, 1.82) is 0 Å². The molecule has 13 heteroatoms. The third-order valence-corrected chi connectivity index (χ3v) is 5.27. The maximum atomic E-state index is 14.0. The molecule has 32 heavy (non-hydrogen) atoms. The fourth-order valence-corrected chi connectivity index (χ4v) is 3.89. The van der Waals surface area contributed by atoms with Crippen LogP contribution in [0.15, 0.2) is 34.0 Å². The van der Waals surface area contributed by atoms with E-state index in [1.165, 1.54) is 23.5 Å². The summed E-state index contributed by atoms with van der Waals surface area (Å²) in [5.74, 6) is -4.09. The van der Waals surface area contributed by atoms with Crippen molar-refractivity contribution in [3.05, 3.63) is 62.2 Å².